The van der Waals surface area contributed by atoms with Crippen molar-refractivity contribution >= 4 is 11.6 Å². The Bertz CT molecular complexity index is 623. The average Bonchev–Trinajstić information content (AvgIpc) is 2.44. The van der Waals surface area contributed by atoms with Crippen molar-refractivity contribution in [1.29, 1.82) is 0 Å². The molecule has 20 heavy (non-hydrogen) atoms. The highest BCUT2D eigenvalue weighted by Crippen LogP contribution is 2.26. The van der Waals surface area contributed by atoms with Crippen molar-refractivity contribution in [2.24, 2.45) is 0 Å². The summed E-state index contributed by atoms with van der Waals surface area (Å²) in [6.45, 7) is 4.18. The van der Waals surface area contributed by atoms with E-state index in [1.54, 1.807) is 23.1 Å². The lowest BCUT2D eigenvalue weighted by Gasteiger charge is -2.23. The molecule has 2 rings (SSSR count). The third-order valence-corrected chi connectivity index (χ3v) is 3.14. The molecular formula is C16H16FNO2. The van der Waals surface area contributed by atoms with Gasteiger partial charge in [0.15, 0.2) is 0 Å². The Kier molecular flexibility index (Phi) is 4.03. The minimum atomic E-state index is -0.377. The van der Waals surface area contributed by atoms with Gasteiger partial charge in [0.2, 0.25) is 0 Å². The van der Waals surface area contributed by atoms with Gasteiger partial charge in [-0.2, -0.15) is 0 Å². The molecule has 0 saturated heterocycles. The zero-order valence-corrected chi connectivity index (χ0v) is 11.4. The SMILES string of the molecule is CCN(C(=O)c1ccc(F)cc1)c1cc(O)ccc1C. The normalized spacial score (nSPS) is 10.3. The molecule has 0 bridgehead atoms. The molecule has 2 aromatic carbocycles. The van der Waals surface area contributed by atoms with E-state index in [9.17, 15) is 14.3 Å². The number of aromatic hydroxyl groups is 1. The zero-order valence-electron chi connectivity index (χ0n) is 11.4. The fourth-order valence-electron chi connectivity index (χ4n) is 2.06. The second kappa shape index (κ2) is 5.74. The van der Waals surface area contributed by atoms with E-state index in [4.69, 9.17) is 0 Å². The lowest BCUT2D eigenvalue weighted by molar-refractivity contribution is 0.0988. The smallest absolute Gasteiger partial charge is 0.258 e. The Balaban J connectivity index is 2.39. The molecule has 0 saturated carbocycles. The van der Waals surface area contributed by atoms with Crippen LogP contribution in [-0.4, -0.2) is 17.6 Å². The number of benzene rings is 2. The van der Waals surface area contributed by atoms with Crippen molar-refractivity contribution < 1.29 is 14.3 Å². The van der Waals surface area contributed by atoms with Crippen molar-refractivity contribution in [1.82, 2.24) is 0 Å². The summed E-state index contributed by atoms with van der Waals surface area (Å²) in [5.74, 6) is -0.490. The average molecular weight is 273 g/mol. The molecule has 104 valence electrons. The van der Waals surface area contributed by atoms with Gasteiger partial charge in [0, 0.05) is 18.2 Å². The predicted molar refractivity (Wildman–Crippen MR) is 76.6 cm³/mol. The Hall–Kier alpha value is -2.36. The minimum Gasteiger partial charge on any atom is -0.508 e. The highest BCUT2D eigenvalue weighted by molar-refractivity contribution is 6.06. The van der Waals surface area contributed by atoms with Gasteiger partial charge in [-0.05, 0) is 49.7 Å². The van der Waals surface area contributed by atoms with Gasteiger partial charge < -0.3 is 10.0 Å². The number of carbonyl (C=O) groups excluding carboxylic acids is 1. The van der Waals surface area contributed by atoms with Gasteiger partial charge in [-0.3, -0.25) is 4.79 Å². The van der Waals surface area contributed by atoms with Crippen LogP contribution in [0.1, 0.15) is 22.8 Å². The van der Waals surface area contributed by atoms with E-state index in [2.05, 4.69) is 0 Å². The van der Waals surface area contributed by atoms with Crippen LogP contribution in [0.5, 0.6) is 5.75 Å². The number of carbonyl (C=O) groups is 1. The summed E-state index contributed by atoms with van der Waals surface area (Å²) < 4.78 is 12.9. The van der Waals surface area contributed by atoms with Crippen molar-refractivity contribution in [3.8, 4) is 5.75 Å². The largest absolute Gasteiger partial charge is 0.508 e. The van der Waals surface area contributed by atoms with Crippen LogP contribution in [0.25, 0.3) is 0 Å². The third-order valence-electron chi connectivity index (χ3n) is 3.14. The summed E-state index contributed by atoms with van der Waals surface area (Å²) >= 11 is 0. The lowest BCUT2D eigenvalue weighted by atomic mass is 10.1. The van der Waals surface area contributed by atoms with Gasteiger partial charge in [-0.25, -0.2) is 4.39 Å². The first kappa shape index (κ1) is 14.1. The van der Waals surface area contributed by atoms with E-state index in [1.807, 2.05) is 13.8 Å². The molecule has 0 spiro atoms. The Morgan fingerprint density at radius 2 is 1.85 bits per heavy atom. The van der Waals surface area contributed by atoms with E-state index < -0.39 is 0 Å². The van der Waals surface area contributed by atoms with Gasteiger partial charge in [-0.1, -0.05) is 6.07 Å². The van der Waals surface area contributed by atoms with Crippen LogP contribution in [0, 0.1) is 12.7 Å². The Morgan fingerprint density at radius 1 is 1.20 bits per heavy atom. The van der Waals surface area contributed by atoms with Crippen molar-refractivity contribution in [2.75, 3.05) is 11.4 Å². The van der Waals surface area contributed by atoms with Crippen LogP contribution in [0.2, 0.25) is 0 Å². The third kappa shape index (κ3) is 2.79. The molecule has 0 unspecified atom stereocenters. The maximum atomic E-state index is 12.9. The fraction of sp³-hybridized carbons (Fsp3) is 0.188. The monoisotopic (exact) mass is 273 g/mol. The van der Waals surface area contributed by atoms with Crippen LogP contribution in [0.15, 0.2) is 42.5 Å². The highest BCUT2D eigenvalue weighted by atomic mass is 19.1. The fourth-order valence-corrected chi connectivity index (χ4v) is 2.06. The van der Waals surface area contributed by atoms with Crippen molar-refractivity contribution in [3.05, 3.63) is 59.4 Å². The predicted octanol–water partition coefficient (Wildman–Crippen LogP) is 3.51. The zero-order chi connectivity index (χ0) is 14.7. The second-order valence-corrected chi connectivity index (χ2v) is 4.53. The number of anilines is 1. The molecule has 3 nitrogen and oxygen atoms in total. The van der Waals surface area contributed by atoms with E-state index in [1.165, 1.54) is 24.3 Å². The first-order valence-corrected chi connectivity index (χ1v) is 6.40. The minimum absolute atomic E-state index is 0.107. The van der Waals surface area contributed by atoms with E-state index in [0.717, 1.165) is 5.56 Å². The van der Waals surface area contributed by atoms with E-state index >= 15 is 0 Å². The van der Waals surface area contributed by atoms with Gasteiger partial charge >= 0.3 is 0 Å². The van der Waals surface area contributed by atoms with Gasteiger partial charge in [-0.15, -0.1) is 0 Å². The molecule has 2 aromatic rings. The maximum Gasteiger partial charge on any atom is 0.258 e. The molecule has 4 heteroatoms. The molecule has 0 atom stereocenters. The molecule has 0 radical (unpaired) electrons. The second-order valence-electron chi connectivity index (χ2n) is 4.53. The van der Waals surface area contributed by atoms with E-state index in [0.29, 0.717) is 17.8 Å². The highest BCUT2D eigenvalue weighted by Gasteiger charge is 2.18. The molecule has 1 amide bonds. The number of amides is 1. The number of hydrogen-bond donors (Lipinski definition) is 1. The number of phenols is 1. The number of halogens is 1. The molecule has 0 heterocycles. The number of nitrogens with zero attached hydrogens (tertiary/aromatic N) is 1. The first-order chi connectivity index (χ1) is 9.52. The quantitative estimate of drug-likeness (QED) is 0.929. The molecule has 0 aliphatic rings. The summed E-state index contributed by atoms with van der Waals surface area (Å²) in [6, 6.07) is 10.3. The maximum absolute atomic E-state index is 12.9. The Labute approximate surface area is 117 Å². The number of phenolic OH excluding ortho intramolecular Hbond substituents is 1. The topological polar surface area (TPSA) is 40.5 Å². The first-order valence-electron chi connectivity index (χ1n) is 6.40. The standard InChI is InChI=1S/C16H16FNO2/c1-3-18(15-10-14(19)9-4-11(15)2)16(20)12-5-7-13(17)8-6-12/h4-10,19H,3H2,1-2H3. The Morgan fingerprint density at radius 3 is 2.45 bits per heavy atom. The van der Waals surface area contributed by atoms with Crippen LogP contribution in [-0.2, 0) is 0 Å². The molecule has 0 aliphatic heterocycles. The van der Waals surface area contributed by atoms with Crippen LogP contribution in [0.3, 0.4) is 0 Å². The number of hydrogen-bond acceptors (Lipinski definition) is 2. The van der Waals surface area contributed by atoms with Crippen LogP contribution in [0.4, 0.5) is 10.1 Å². The van der Waals surface area contributed by atoms with Crippen LogP contribution >= 0.6 is 0 Å². The molecule has 0 aliphatic carbocycles. The molecule has 0 fully saturated rings. The van der Waals surface area contributed by atoms with Crippen LogP contribution < -0.4 is 4.90 Å². The van der Waals surface area contributed by atoms with E-state index in [-0.39, 0.29) is 17.5 Å². The summed E-state index contributed by atoms with van der Waals surface area (Å²) in [6.07, 6.45) is 0. The molecule has 1 N–H and O–H groups in total. The lowest BCUT2D eigenvalue weighted by Crippen LogP contribution is -2.31. The van der Waals surface area contributed by atoms with Gasteiger partial charge in [0.05, 0.1) is 5.69 Å². The van der Waals surface area contributed by atoms with Crippen molar-refractivity contribution in [2.45, 2.75) is 13.8 Å². The molecular weight excluding hydrogens is 257 g/mol. The number of rotatable bonds is 3. The number of aryl methyl sites for hydroxylation is 1. The van der Waals surface area contributed by atoms with Crippen molar-refractivity contribution in [3.63, 3.8) is 0 Å². The summed E-state index contributed by atoms with van der Waals surface area (Å²) in [5.41, 5.74) is 1.96. The summed E-state index contributed by atoms with van der Waals surface area (Å²) in [7, 11) is 0. The summed E-state index contributed by atoms with van der Waals surface area (Å²) in [5, 5.41) is 9.58. The molecule has 0 aromatic heterocycles. The van der Waals surface area contributed by atoms with Gasteiger partial charge in [0.25, 0.3) is 5.91 Å². The summed E-state index contributed by atoms with van der Waals surface area (Å²) in [4.78, 5) is 14.0. The van der Waals surface area contributed by atoms with Gasteiger partial charge in [0.1, 0.15) is 11.6 Å².